The van der Waals surface area contributed by atoms with Crippen LogP contribution in [0, 0.1) is 14.8 Å². The Kier molecular flexibility index (Phi) is 6.52. The molecule has 1 aliphatic heterocycles. The zero-order chi connectivity index (χ0) is 17.7. The highest BCUT2D eigenvalue weighted by molar-refractivity contribution is 9.10. The molecule has 2 aromatic rings. The molecule has 24 heavy (non-hydrogen) atoms. The number of phenolic OH excluding ortho intramolecular Hbond substituents is 1. The van der Waals surface area contributed by atoms with Crippen molar-refractivity contribution in [1.29, 1.82) is 0 Å². The summed E-state index contributed by atoms with van der Waals surface area (Å²) in [5, 5.41) is 9.49. The normalized spacial score (nSPS) is 12.8. The summed E-state index contributed by atoms with van der Waals surface area (Å²) in [5.41, 5.74) is 1.15. The van der Waals surface area contributed by atoms with E-state index in [1.54, 1.807) is 35.5 Å². The number of benzene rings is 1. The summed E-state index contributed by atoms with van der Waals surface area (Å²) in [4.78, 5) is 18.2. The summed E-state index contributed by atoms with van der Waals surface area (Å²) in [7, 11) is 0. The van der Waals surface area contributed by atoms with Gasteiger partial charge in [0, 0.05) is 17.8 Å². The highest BCUT2D eigenvalue weighted by atomic mass is 80.0. The molecule has 1 aliphatic rings. The zero-order valence-electron chi connectivity index (χ0n) is 12.1. The van der Waals surface area contributed by atoms with E-state index in [1.807, 2.05) is 0 Å². The number of hydrogen-bond donors (Lipinski definition) is 2. The number of phenols is 1. The van der Waals surface area contributed by atoms with Crippen molar-refractivity contribution in [3.8, 4) is 11.5 Å². The molecule has 10 heteroatoms. The lowest BCUT2D eigenvalue weighted by Crippen LogP contribution is -2.38. The van der Waals surface area contributed by atoms with E-state index >= 15 is 0 Å². The van der Waals surface area contributed by atoms with Gasteiger partial charge in [-0.25, -0.2) is 0 Å². The lowest BCUT2D eigenvalue weighted by molar-refractivity contribution is -1.63. The Morgan fingerprint density at radius 1 is 1.38 bits per heavy atom. The van der Waals surface area contributed by atoms with Crippen LogP contribution < -0.4 is 18.0 Å². The van der Waals surface area contributed by atoms with Gasteiger partial charge in [0.05, 0.1) is 17.2 Å². The van der Waals surface area contributed by atoms with Gasteiger partial charge in [-0.2, -0.15) is 0 Å². The standard InChI is InChI=1S/C14H11BrN2O3.BrHO3/c15-10-7-9(1-2-12(10)18)14(19)17-5-6-20-13-3-4-16-8-11(13)17;2-1(3)4/h1-4,7-8,18H,5-6H2;2H. The Hall–Kier alpha value is -1.72. The second-order valence-corrected chi connectivity index (χ2v) is 6.21. The first kappa shape index (κ1) is 18.6. The zero-order valence-corrected chi connectivity index (χ0v) is 15.2. The molecule has 2 N–H and O–H groups in total. The van der Waals surface area contributed by atoms with Crippen molar-refractivity contribution in [3.05, 3.63) is 46.7 Å². The summed E-state index contributed by atoms with van der Waals surface area (Å²) in [6, 6.07) is 6.42. The van der Waals surface area contributed by atoms with E-state index < -0.39 is 14.8 Å². The number of amides is 1. The van der Waals surface area contributed by atoms with Crippen molar-refractivity contribution >= 4 is 27.5 Å². The molecule has 0 bridgehead atoms. The van der Waals surface area contributed by atoms with Crippen LogP contribution >= 0.6 is 15.9 Å². The molecule has 128 valence electrons. The molecule has 3 rings (SSSR count). The van der Waals surface area contributed by atoms with Crippen LogP contribution in [0.5, 0.6) is 11.5 Å². The molecule has 0 aliphatic carbocycles. The first-order valence-electron chi connectivity index (χ1n) is 6.52. The van der Waals surface area contributed by atoms with Crippen LogP contribution in [0.15, 0.2) is 41.1 Å². The number of ether oxygens (including phenoxy) is 1. The maximum atomic E-state index is 12.6. The second kappa shape index (κ2) is 8.40. The Labute approximate surface area is 150 Å². The van der Waals surface area contributed by atoms with Crippen LogP contribution in [0.1, 0.15) is 10.4 Å². The monoisotopic (exact) mass is 462 g/mol. The Morgan fingerprint density at radius 3 is 2.75 bits per heavy atom. The average Bonchev–Trinajstić information content (AvgIpc) is 2.56. The van der Waals surface area contributed by atoms with Gasteiger partial charge >= 0.3 is 14.8 Å². The molecular weight excluding hydrogens is 452 g/mol. The van der Waals surface area contributed by atoms with Gasteiger partial charge in [0.25, 0.3) is 5.91 Å². The fourth-order valence-electron chi connectivity index (χ4n) is 2.07. The SMILES string of the molecule is O=C(c1ccc(O)c(Br)c1)N1CCOc2ccncc21.[O-][Br+2]([O-])O. The number of nitrogens with zero attached hydrogens (tertiary/aromatic N) is 2. The van der Waals surface area contributed by atoms with Crippen LogP contribution in [0.2, 0.25) is 0 Å². The van der Waals surface area contributed by atoms with Crippen LogP contribution in [-0.4, -0.2) is 33.3 Å². The maximum absolute atomic E-state index is 12.6. The van der Waals surface area contributed by atoms with E-state index in [9.17, 15) is 9.90 Å². The van der Waals surface area contributed by atoms with Crippen LogP contribution in [0.4, 0.5) is 5.69 Å². The average molecular weight is 464 g/mol. The van der Waals surface area contributed by atoms with Crippen LogP contribution in [0.3, 0.4) is 0 Å². The maximum Gasteiger partial charge on any atom is 0.433 e. The predicted molar refractivity (Wildman–Crippen MR) is 79.4 cm³/mol. The Bertz CT molecular complexity index is 725. The number of anilines is 1. The van der Waals surface area contributed by atoms with E-state index in [0.717, 1.165) is 0 Å². The van der Waals surface area contributed by atoms with Gasteiger partial charge in [0.2, 0.25) is 0 Å². The predicted octanol–water partition coefficient (Wildman–Crippen LogP) is -0.346. The first-order chi connectivity index (χ1) is 11.4. The third-order valence-electron chi connectivity index (χ3n) is 3.06. The number of pyridine rings is 1. The number of carbonyl (C=O) groups excluding carboxylic acids is 1. The number of hydrogen-bond acceptors (Lipinski definition) is 7. The number of carbonyl (C=O) groups is 1. The second-order valence-electron chi connectivity index (χ2n) is 4.52. The number of aromatic hydroxyl groups is 1. The fourth-order valence-corrected chi connectivity index (χ4v) is 2.45. The minimum Gasteiger partial charge on any atom is -0.507 e. The van der Waals surface area contributed by atoms with Crippen molar-refractivity contribution in [1.82, 2.24) is 4.98 Å². The van der Waals surface area contributed by atoms with Gasteiger partial charge < -0.3 is 23.1 Å². The third kappa shape index (κ3) is 4.65. The number of halogens is 2. The summed E-state index contributed by atoms with van der Waals surface area (Å²) in [6.07, 6.45) is 3.24. The molecule has 8 nitrogen and oxygen atoms in total. The summed E-state index contributed by atoms with van der Waals surface area (Å²) in [5.74, 6) is 0.603. The molecule has 0 spiro atoms. The van der Waals surface area contributed by atoms with E-state index in [1.165, 1.54) is 6.07 Å². The number of fused-ring (bicyclic) bond motifs is 1. The fraction of sp³-hybridized carbons (Fsp3) is 0.143. The van der Waals surface area contributed by atoms with E-state index in [2.05, 4.69) is 20.9 Å². The molecule has 1 aromatic heterocycles. The summed E-state index contributed by atoms with van der Waals surface area (Å²) in [6.45, 7) is 0.915. The van der Waals surface area contributed by atoms with E-state index in [-0.39, 0.29) is 11.7 Å². The van der Waals surface area contributed by atoms with E-state index in [0.29, 0.717) is 34.6 Å². The van der Waals surface area contributed by atoms with Gasteiger partial charge in [0.15, 0.2) is 0 Å². The molecule has 1 amide bonds. The van der Waals surface area contributed by atoms with Gasteiger partial charge in [-0.15, -0.1) is 0 Å². The Morgan fingerprint density at radius 2 is 2.08 bits per heavy atom. The van der Waals surface area contributed by atoms with Crippen LogP contribution in [0.25, 0.3) is 0 Å². The van der Waals surface area contributed by atoms with Crippen molar-refractivity contribution in [2.45, 2.75) is 0 Å². The third-order valence-corrected chi connectivity index (χ3v) is 3.70. The summed E-state index contributed by atoms with van der Waals surface area (Å²) < 4.78 is 30.3. The molecular formula is C14H12Br2N2O6. The molecule has 0 unspecified atom stereocenters. The van der Waals surface area contributed by atoms with Gasteiger partial charge in [0.1, 0.15) is 23.8 Å². The lowest BCUT2D eigenvalue weighted by atomic mass is 10.1. The molecule has 0 saturated heterocycles. The highest BCUT2D eigenvalue weighted by Crippen LogP contribution is 2.32. The summed E-state index contributed by atoms with van der Waals surface area (Å²) >= 11 is -0.184. The molecule has 0 radical (unpaired) electrons. The van der Waals surface area contributed by atoms with Crippen molar-refractivity contribution in [2.24, 2.45) is 0 Å². The minimum atomic E-state index is -3.40. The molecule has 1 aromatic carbocycles. The highest BCUT2D eigenvalue weighted by Gasteiger charge is 2.25. The quantitative estimate of drug-likeness (QED) is 0.591. The van der Waals surface area contributed by atoms with Crippen molar-refractivity contribution in [3.63, 3.8) is 0 Å². The molecule has 0 fully saturated rings. The van der Waals surface area contributed by atoms with Crippen molar-refractivity contribution in [2.75, 3.05) is 18.1 Å². The lowest BCUT2D eigenvalue weighted by Gasteiger charge is -2.29. The molecule has 2 heterocycles. The molecule has 0 saturated carbocycles. The van der Waals surface area contributed by atoms with Gasteiger partial charge in [-0.3, -0.25) is 9.78 Å². The largest absolute Gasteiger partial charge is 0.507 e. The van der Waals surface area contributed by atoms with Crippen LogP contribution in [-0.2, 0) is 0 Å². The molecule has 0 atom stereocenters. The number of aromatic nitrogens is 1. The van der Waals surface area contributed by atoms with Gasteiger partial charge in [-0.05, 0) is 38.3 Å². The van der Waals surface area contributed by atoms with Crippen molar-refractivity contribution < 1.29 is 42.0 Å². The van der Waals surface area contributed by atoms with E-state index in [4.69, 9.17) is 17.3 Å². The Balaban J connectivity index is 0.000000471. The topological polar surface area (TPSA) is 129 Å². The minimum absolute atomic E-state index is 0.102. The smallest absolute Gasteiger partial charge is 0.433 e. The first-order valence-corrected chi connectivity index (χ1v) is 9.31. The van der Waals surface area contributed by atoms with Gasteiger partial charge in [-0.1, -0.05) is 0 Å². The number of rotatable bonds is 1.